The van der Waals surface area contributed by atoms with Gasteiger partial charge in [0.05, 0.1) is 6.04 Å². The van der Waals surface area contributed by atoms with Gasteiger partial charge in [0.2, 0.25) is 0 Å². The molecule has 0 fully saturated rings. The van der Waals surface area contributed by atoms with Gasteiger partial charge in [-0.1, -0.05) is 5.92 Å². The van der Waals surface area contributed by atoms with E-state index in [1.807, 2.05) is 19.0 Å². The van der Waals surface area contributed by atoms with Gasteiger partial charge in [-0.3, -0.25) is 4.90 Å². The van der Waals surface area contributed by atoms with E-state index in [0.717, 1.165) is 12.8 Å². The molecule has 0 aromatic carbocycles. The average molecular weight is 135 g/mol. The minimum Gasteiger partial charge on any atom is -0.296 e. The lowest BCUT2D eigenvalue weighted by molar-refractivity contribution is 0.340. The fraction of sp³-hybridized carbons (Fsp3) is 0.556. The lowest BCUT2D eigenvalue weighted by atomic mass is 10.1. The predicted octanol–water partition coefficient (Wildman–Crippen LogP) is 0.963. The van der Waals surface area contributed by atoms with Crippen molar-refractivity contribution in [2.75, 3.05) is 14.1 Å². The second kappa shape index (κ2) is 4.91. The van der Waals surface area contributed by atoms with E-state index in [-0.39, 0.29) is 6.04 Å². The summed E-state index contributed by atoms with van der Waals surface area (Å²) in [6.07, 6.45) is 12.0. The van der Waals surface area contributed by atoms with Gasteiger partial charge < -0.3 is 0 Å². The summed E-state index contributed by atoms with van der Waals surface area (Å²) in [5, 5.41) is 0. The van der Waals surface area contributed by atoms with Gasteiger partial charge >= 0.3 is 0 Å². The summed E-state index contributed by atoms with van der Waals surface area (Å²) in [7, 11) is 3.92. The van der Waals surface area contributed by atoms with E-state index in [2.05, 4.69) is 11.8 Å². The Morgan fingerprint density at radius 2 is 2.00 bits per heavy atom. The zero-order valence-electron chi connectivity index (χ0n) is 6.59. The lowest BCUT2D eigenvalue weighted by Crippen LogP contribution is -2.25. The Balaban J connectivity index is 3.66. The van der Waals surface area contributed by atoms with Crippen molar-refractivity contribution in [3.8, 4) is 24.7 Å². The van der Waals surface area contributed by atoms with Gasteiger partial charge in [0.25, 0.3) is 0 Å². The summed E-state index contributed by atoms with van der Waals surface area (Å²) < 4.78 is 0. The van der Waals surface area contributed by atoms with Gasteiger partial charge in [0.15, 0.2) is 0 Å². The third-order valence-electron chi connectivity index (χ3n) is 1.38. The third-order valence-corrected chi connectivity index (χ3v) is 1.38. The summed E-state index contributed by atoms with van der Waals surface area (Å²) in [5.74, 6) is 5.23. The van der Waals surface area contributed by atoms with Crippen molar-refractivity contribution in [1.82, 2.24) is 4.90 Å². The number of nitrogens with zero attached hydrogens (tertiary/aromatic N) is 1. The van der Waals surface area contributed by atoms with Crippen molar-refractivity contribution < 1.29 is 0 Å². The highest BCUT2D eigenvalue weighted by Gasteiger charge is 2.04. The molecule has 0 spiro atoms. The Morgan fingerprint density at radius 3 is 2.30 bits per heavy atom. The molecule has 0 aliphatic rings. The molecular formula is C9H13N. The summed E-state index contributed by atoms with van der Waals surface area (Å²) in [4.78, 5) is 2.00. The first-order chi connectivity index (χ1) is 4.72. The first-order valence-electron chi connectivity index (χ1n) is 3.28. The van der Waals surface area contributed by atoms with E-state index in [9.17, 15) is 0 Å². The molecule has 0 bridgehead atoms. The Labute approximate surface area is 63.4 Å². The minimum absolute atomic E-state index is 0.191. The second-order valence-electron chi connectivity index (χ2n) is 2.39. The van der Waals surface area contributed by atoms with Crippen LogP contribution in [0.3, 0.4) is 0 Å². The van der Waals surface area contributed by atoms with Gasteiger partial charge in [0.1, 0.15) is 0 Å². The summed E-state index contributed by atoms with van der Waals surface area (Å²) in [6, 6.07) is 0.191. The quantitative estimate of drug-likeness (QED) is 0.521. The lowest BCUT2D eigenvalue weighted by Gasteiger charge is -2.16. The normalized spacial score (nSPS) is 12.1. The molecule has 0 aromatic rings. The van der Waals surface area contributed by atoms with Gasteiger partial charge in [-0.05, 0) is 20.5 Å². The third kappa shape index (κ3) is 3.17. The molecule has 1 atom stereocenters. The van der Waals surface area contributed by atoms with Crippen molar-refractivity contribution in [1.29, 1.82) is 0 Å². The van der Waals surface area contributed by atoms with Crippen LogP contribution in [0.5, 0.6) is 0 Å². The molecule has 0 aliphatic carbocycles. The van der Waals surface area contributed by atoms with Crippen molar-refractivity contribution in [3.05, 3.63) is 0 Å². The fourth-order valence-electron chi connectivity index (χ4n) is 0.711. The molecule has 0 aliphatic heterocycles. The smallest absolute Gasteiger partial charge is 0.0716 e. The molecule has 1 nitrogen and oxygen atoms in total. The highest BCUT2D eigenvalue weighted by Crippen LogP contribution is 1.99. The van der Waals surface area contributed by atoms with Crippen LogP contribution in [-0.4, -0.2) is 25.0 Å². The van der Waals surface area contributed by atoms with E-state index >= 15 is 0 Å². The first-order valence-corrected chi connectivity index (χ1v) is 3.28. The standard InChI is InChI=1S/C9H13N/c1-5-7-8-9(6-2)10(3)4/h1-2,9H,7-8H2,3-4H3. The van der Waals surface area contributed by atoms with Crippen molar-refractivity contribution in [2.24, 2.45) is 0 Å². The Morgan fingerprint density at radius 1 is 1.40 bits per heavy atom. The maximum absolute atomic E-state index is 5.25. The zero-order valence-corrected chi connectivity index (χ0v) is 6.59. The highest BCUT2D eigenvalue weighted by atomic mass is 15.1. The van der Waals surface area contributed by atoms with Crippen LogP contribution in [0.25, 0.3) is 0 Å². The van der Waals surface area contributed by atoms with Crippen LogP contribution in [0, 0.1) is 24.7 Å². The van der Waals surface area contributed by atoms with Crippen LogP contribution in [0.1, 0.15) is 12.8 Å². The number of rotatable bonds is 3. The molecule has 54 valence electrons. The van der Waals surface area contributed by atoms with Crippen molar-refractivity contribution >= 4 is 0 Å². The summed E-state index contributed by atoms with van der Waals surface area (Å²) in [6.45, 7) is 0. The monoisotopic (exact) mass is 135 g/mol. The number of hydrogen-bond acceptors (Lipinski definition) is 1. The van der Waals surface area contributed by atoms with E-state index in [0.29, 0.717) is 0 Å². The largest absolute Gasteiger partial charge is 0.296 e. The summed E-state index contributed by atoms with van der Waals surface area (Å²) in [5.41, 5.74) is 0. The highest BCUT2D eigenvalue weighted by molar-refractivity contribution is 5.00. The minimum atomic E-state index is 0.191. The SMILES string of the molecule is C#CCCC(C#C)N(C)C. The van der Waals surface area contributed by atoms with Crippen molar-refractivity contribution in [3.63, 3.8) is 0 Å². The van der Waals surface area contributed by atoms with Crippen LogP contribution in [0.2, 0.25) is 0 Å². The molecule has 1 heteroatoms. The maximum Gasteiger partial charge on any atom is 0.0716 e. The molecule has 1 unspecified atom stereocenters. The van der Waals surface area contributed by atoms with Crippen LogP contribution in [0.15, 0.2) is 0 Å². The molecule has 0 N–H and O–H groups in total. The molecule has 0 saturated carbocycles. The van der Waals surface area contributed by atoms with Gasteiger partial charge in [0, 0.05) is 6.42 Å². The van der Waals surface area contributed by atoms with E-state index in [1.165, 1.54) is 0 Å². The van der Waals surface area contributed by atoms with Gasteiger partial charge in [-0.2, -0.15) is 0 Å². The molecule has 0 saturated heterocycles. The average Bonchev–Trinajstić information content (AvgIpc) is 1.89. The zero-order chi connectivity index (χ0) is 7.98. The molecule has 0 rings (SSSR count). The van der Waals surface area contributed by atoms with Crippen LogP contribution >= 0.6 is 0 Å². The molecule has 0 heterocycles. The maximum atomic E-state index is 5.25. The Hall–Kier alpha value is -0.920. The molecule has 10 heavy (non-hydrogen) atoms. The van der Waals surface area contributed by atoms with E-state index in [4.69, 9.17) is 12.8 Å². The molecule has 0 aromatic heterocycles. The second-order valence-corrected chi connectivity index (χ2v) is 2.39. The molecular weight excluding hydrogens is 122 g/mol. The number of hydrogen-bond donors (Lipinski definition) is 0. The van der Waals surface area contributed by atoms with E-state index in [1.54, 1.807) is 0 Å². The van der Waals surface area contributed by atoms with Crippen LogP contribution in [-0.2, 0) is 0 Å². The topological polar surface area (TPSA) is 3.24 Å². The van der Waals surface area contributed by atoms with Crippen LogP contribution < -0.4 is 0 Å². The van der Waals surface area contributed by atoms with Gasteiger partial charge in [-0.25, -0.2) is 0 Å². The fourth-order valence-corrected chi connectivity index (χ4v) is 0.711. The van der Waals surface area contributed by atoms with Crippen LogP contribution in [0.4, 0.5) is 0 Å². The van der Waals surface area contributed by atoms with E-state index < -0.39 is 0 Å². The number of terminal acetylenes is 2. The Bertz CT molecular complexity index is 157. The Kier molecular flexibility index (Phi) is 4.46. The summed E-state index contributed by atoms with van der Waals surface area (Å²) >= 11 is 0. The molecule has 0 radical (unpaired) electrons. The van der Waals surface area contributed by atoms with Gasteiger partial charge in [-0.15, -0.1) is 18.8 Å². The first kappa shape index (κ1) is 9.08. The predicted molar refractivity (Wildman–Crippen MR) is 44.4 cm³/mol. The van der Waals surface area contributed by atoms with Crippen molar-refractivity contribution in [2.45, 2.75) is 18.9 Å². The molecule has 0 amide bonds.